The van der Waals surface area contributed by atoms with E-state index in [1.54, 1.807) is 0 Å². The molecule has 2 heteroatoms. The molecule has 0 saturated heterocycles. The third kappa shape index (κ3) is 3.23. The van der Waals surface area contributed by atoms with Crippen molar-refractivity contribution in [3.8, 4) is 6.07 Å². The maximum absolute atomic E-state index is 8.85. The van der Waals surface area contributed by atoms with Crippen LogP contribution in [0.15, 0.2) is 12.1 Å². The van der Waals surface area contributed by atoms with E-state index < -0.39 is 0 Å². The van der Waals surface area contributed by atoms with Crippen LogP contribution in [0, 0.1) is 25.2 Å². The van der Waals surface area contributed by atoms with Crippen LogP contribution in [-0.2, 0) is 5.41 Å². The molecule has 1 atom stereocenters. The smallest absolute Gasteiger partial charge is 0.111 e. The number of hydrogen-bond acceptors (Lipinski definition) is 2. The van der Waals surface area contributed by atoms with Gasteiger partial charge in [-0.1, -0.05) is 32.9 Å². The number of nitriles is 1. The maximum atomic E-state index is 8.85. The van der Waals surface area contributed by atoms with Crippen LogP contribution in [0.3, 0.4) is 0 Å². The Labute approximate surface area is 105 Å². The Morgan fingerprint density at radius 2 is 1.65 bits per heavy atom. The van der Waals surface area contributed by atoms with Gasteiger partial charge in [0.15, 0.2) is 0 Å². The lowest BCUT2D eigenvalue weighted by Crippen LogP contribution is -2.16. The Morgan fingerprint density at radius 1 is 1.18 bits per heavy atom. The molecule has 0 fully saturated rings. The van der Waals surface area contributed by atoms with E-state index in [1.807, 2.05) is 6.92 Å². The first-order chi connectivity index (χ1) is 7.75. The number of rotatable bonds is 2. The van der Waals surface area contributed by atoms with Gasteiger partial charge in [-0.2, -0.15) is 5.26 Å². The van der Waals surface area contributed by atoms with Gasteiger partial charge in [0.05, 0.1) is 6.07 Å². The summed E-state index contributed by atoms with van der Waals surface area (Å²) < 4.78 is 0. The van der Waals surface area contributed by atoms with E-state index in [-0.39, 0.29) is 11.5 Å². The molecule has 0 saturated carbocycles. The number of nitrogens with one attached hydrogen (secondary N) is 1. The highest BCUT2D eigenvalue weighted by Gasteiger charge is 2.16. The highest BCUT2D eigenvalue weighted by molar-refractivity contribution is 5.60. The summed E-state index contributed by atoms with van der Waals surface area (Å²) in [4.78, 5) is 0. The summed E-state index contributed by atoms with van der Waals surface area (Å²) in [7, 11) is 0. The molecule has 17 heavy (non-hydrogen) atoms. The first-order valence-corrected chi connectivity index (χ1v) is 6.03. The van der Waals surface area contributed by atoms with Gasteiger partial charge in [-0.25, -0.2) is 0 Å². The van der Waals surface area contributed by atoms with E-state index in [2.05, 4.69) is 58.1 Å². The molecule has 0 aromatic heterocycles. The van der Waals surface area contributed by atoms with Crippen molar-refractivity contribution in [2.24, 2.45) is 0 Å². The SMILES string of the molecule is Cc1cc(C(C)(C)C)cc(C)c1NC(C)C#N. The van der Waals surface area contributed by atoms with Crippen LogP contribution in [0.1, 0.15) is 44.4 Å². The van der Waals surface area contributed by atoms with Gasteiger partial charge in [0.2, 0.25) is 0 Å². The van der Waals surface area contributed by atoms with Crippen LogP contribution in [0.2, 0.25) is 0 Å². The minimum atomic E-state index is -0.159. The van der Waals surface area contributed by atoms with Gasteiger partial charge in [-0.15, -0.1) is 0 Å². The summed E-state index contributed by atoms with van der Waals surface area (Å²) in [5.41, 5.74) is 5.00. The zero-order valence-electron chi connectivity index (χ0n) is 11.7. The summed E-state index contributed by atoms with van der Waals surface area (Å²) >= 11 is 0. The molecule has 92 valence electrons. The lowest BCUT2D eigenvalue weighted by molar-refractivity contribution is 0.589. The maximum Gasteiger partial charge on any atom is 0.111 e. The lowest BCUT2D eigenvalue weighted by atomic mass is 9.84. The lowest BCUT2D eigenvalue weighted by Gasteiger charge is -2.23. The van der Waals surface area contributed by atoms with Gasteiger partial charge in [0.25, 0.3) is 0 Å². The third-order valence-electron chi connectivity index (χ3n) is 2.95. The Balaban J connectivity index is 3.17. The first-order valence-electron chi connectivity index (χ1n) is 6.03. The van der Waals surface area contributed by atoms with Crippen LogP contribution in [-0.4, -0.2) is 6.04 Å². The van der Waals surface area contributed by atoms with Crippen LogP contribution < -0.4 is 5.32 Å². The number of aryl methyl sites for hydroxylation is 2. The van der Waals surface area contributed by atoms with Gasteiger partial charge < -0.3 is 5.32 Å². The predicted octanol–water partition coefficient (Wildman–Crippen LogP) is 3.92. The Kier molecular flexibility index (Phi) is 3.83. The molecule has 1 N–H and O–H groups in total. The summed E-state index contributed by atoms with van der Waals surface area (Å²) in [5.74, 6) is 0. The second-order valence-corrected chi connectivity index (χ2v) is 5.73. The second-order valence-electron chi connectivity index (χ2n) is 5.73. The van der Waals surface area contributed by atoms with Crippen molar-refractivity contribution in [3.05, 3.63) is 28.8 Å². The molecule has 0 amide bonds. The molecule has 0 spiro atoms. The Morgan fingerprint density at radius 3 is 2.00 bits per heavy atom. The number of nitrogens with zero attached hydrogens (tertiary/aromatic N) is 1. The summed E-state index contributed by atoms with van der Waals surface area (Å²) in [6, 6.07) is 6.46. The van der Waals surface area contributed by atoms with E-state index in [0.717, 1.165) is 5.69 Å². The van der Waals surface area contributed by atoms with Gasteiger partial charge in [-0.05, 0) is 42.9 Å². The van der Waals surface area contributed by atoms with E-state index in [1.165, 1.54) is 16.7 Å². The van der Waals surface area contributed by atoms with Crippen molar-refractivity contribution < 1.29 is 0 Å². The van der Waals surface area contributed by atoms with Crippen LogP contribution >= 0.6 is 0 Å². The molecule has 0 heterocycles. The number of hydrogen-bond donors (Lipinski definition) is 1. The number of benzene rings is 1. The van der Waals surface area contributed by atoms with E-state index in [9.17, 15) is 0 Å². The van der Waals surface area contributed by atoms with Gasteiger partial charge in [0.1, 0.15) is 6.04 Å². The van der Waals surface area contributed by atoms with Crippen LogP contribution in [0.5, 0.6) is 0 Å². The van der Waals surface area contributed by atoms with E-state index in [4.69, 9.17) is 5.26 Å². The molecule has 0 bridgehead atoms. The van der Waals surface area contributed by atoms with Gasteiger partial charge >= 0.3 is 0 Å². The monoisotopic (exact) mass is 230 g/mol. The summed E-state index contributed by atoms with van der Waals surface area (Å²) in [6.45, 7) is 12.7. The van der Waals surface area contributed by atoms with Crippen molar-refractivity contribution in [2.75, 3.05) is 5.32 Å². The molecule has 0 radical (unpaired) electrons. The van der Waals surface area contributed by atoms with Crippen molar-refractivity contribution >= 4 is 5.69 Å². The van der Waals surface area contributed by atoms with Crippen molar-refractivity contribution in [1.29, 1.82) is 5.26 Å². The summed E-state index contributed by atoms with van der Waals surface area (Å²) in [6.07, 6.45) is 0. The van der Waals surface area contributed by atoms with E-state index >= 15 is 0 Å². The molecular formula is C15H22N2. The molecule has 0 aliphatic carbocycles. The normalized spacial score (nSPS) is 13.0. The molecule has 0 aliphatic rings. The zero-order valence-corrected chi connectivity index (χ0v) is 11.7. The minimum absolute atomic E-state index is 0.159. The third-order valence-corrected chi connectivity index (χ3v) is 2.95. The van der Waals surface area contributed by atoms with Gasteiger partial charge in [0, 0.05) is 5.69 Å². The largest absolute Gasteiger partial charge is 0.370 e. The van der Waals surface area contributed by atoms with Crippen molar-refractivity contribution in [1.82, 2.24) is 0 Å². The van der Waals surface area contributed by atoms with Crippen LogP contribution in [0.25, 0.3) is 0 Å². The quantitative estimate of drug-likeness (QED) is 0.835. The molecular weight excluding hydrogens is 208 g/mol. The standard InChI is InChI=1S/C15H22N2/c1-10-7-13(15(4,5)6)8-11(2)14(10)17-12(3)9-16/h7-8,12,17H,1-6H3. The fourth-order valence-electron chi connectivity index (χ4n) is 1.87. The fraction of sp³-hybridized carbons (Fsp3) is 0.533. The van der Waals surface area contributed by atoms with Gasteiger partial charge in [-0.3, -0.25) is 0 Å². The number of anilines is 1. The molecule has 0 aliphatic heterocycles. The first kappa shape index (κ1) is 13.6. The average Bonchev–Trinajstić information content (AvgIpc) is 2.21. The Hall–Kier alpha value is -1.49. The fourth-order valence-corrected chi connectivity index (χ4v) is 1.87. The van der Waals surface area contributed by atoms with Crippen molar-refractivity contribution in [2.45, 2.75) is 53.0 Å². The summed E-state index contributed by atoms with van der Waals surface area (Å²) in [5, 5.41) is 12.1. The second kappa shape index (κ2) is 4.79. The molecule has 1 unspecified atom stereocenters. The average molecular weight is 230 g/mol. The Bertz CT molecular complexity index is 424. The molecule has 1 rings (SSSR count). The topological polar surface area (TPSA) is 35.8 Å². The van der Waals surface area contributed by atoms with Crippen molar-refractivity contribution in [3.63, 3.8) is 0 Å². The molecule has 1 aromatic rings. The highest BCUT2D eigenvalue weighted by Crippen LogP contribution is 2.29. The zero-order chi connectivity index (χ0) is 13.2. The van der Waals surface area contributed by atoms with E-state index in [0.29, 0.717) is 0 Å². The van der Waals surface area contributed by atoms with Crippen LogP contribution in [0.4, 0.5) is 5.69 Å². The predicted molar refractivity (Wildman–Crippen MR) is 73.3 cm³/mol. The highest BCUT2D eigenvalue weighted by atomic mass is 14.9. The molecule has 2 nitrogen and oxygen atoms in total. The minimum Gasteiger partial charge on any atom is -0.370 e. The molecule has 1 aromatic carbocycles.